The maximum atomic E-state index is 13.6. The smallest absolute Gasteiger partial charge is 0.337 e. The van der Waals surface area contributed by atoms with Crippen molar-refractivity contribution in [1.29, 1.82) is 0 Å². The summed E-state index contributed by atoms with van der Waals surface area (Å²) in [6, 6.07) is 16.8. The fourth-order valence-electron chi connectivity index (χ4n) is 3.34. The van der Waals surface area contributed by atoms with Crippen LogP contribution in [0.2, 0.25) is 0 Å². The number of benzene rings is 2. The molecule has 3 rings (SSSR count). The zero-order valence-electron chi connectivity index (χ0n) is 17.1. The molecular formula is C23H24N2O4S. The number of aromatic nitrogens is 1. The van der Waals surface area contributed by atoms with E-state index in [1.165, 1.54) is 35.7 Å². The molecule has 0 fully saturated rings. The lowest BCUT2D eigenvalue weighted by atomic mass is 9.99. The fraction of sp³-hybridized carbons (Fsp3) is 0.217. The largest absolute Gasteiger partial charge is 0.465 e. The molecular weight excluding hydrogens is 400 g/mol. The van der Waals surface area contributed by atoms with Crippen molar-refractivity contribution in [2.24, 2.45) is 0 Å². The number of nitrogens with zero attached hydrogens (tertiary/aromatic N) is 2. The van der Waals surface area contributed by atoms with E-state index in [1.54, 1.807) is 25.4 Å². The number of sulfonamides is 1. The molecule has 30 heavy (non-hydrogen) atoms. The predicted molar refractivity (Wildman–Crippen MR) is 115 cm³/mol. The molecule has 0 spiro atoms. The number of hydrogen-bond acceptors (Lipinski definition) is 5. The molecule has 0 aliphatic heterocycles. The number of methoxy groups -OCH3 is 1. The fourth-order valence-corrected chi connectivity index (χ4v) is 5.00. The van der Waals surface area contributed by atoms with Gasteiger partial charge in [-0.3, -0.25) is 4.98 Å². The Morgan fingerprint density at radius 2 is 1.80 bits per heavy atom. The predicted octanol–water partition coefficient (Wildman–Crippen LogP) is 3.98. The Bertz CT molecular complexity index is 1110. The summed E-state index contributed by atoms with van der Waals surface area (Å²) in [4.78, 5) is 16.1. The van der Waals surface area contributed by atoms with E-state index in [9.17, 15) is 13.2 Å². The third kappa shape index (κ3) is 4.42. The lowest BCUT2D eigenvalue weighted by Crippen LogP contribution is -2.35. The summed E-state index contributed by atoms with van der Waals surface area (Å²) in [6.45, 7) is 4.01. The number of esters is 1. The first-order chi connectivity index (χ1) is 14.4. The van der Waals surface area contributed by atoms with Crippen molar-refractivity contribution in [3.05, 3.63) is 95.3 Å². The van der Waals surface area contributed by atoms with E-state index < -0.39 is 22.0 Å². The first-order valence-corrected chi connectivity index (χ1v) is 11.0. The Morgan fingerprint density at radius 3 is 2.40 bits per heavy atom. The van der Waals surface area contributed by atoms with Crippen LogP contribution >= 0.6 is 0 Å². The number of rotatable bonds is 7. The van der Waals surface area contributed by atoms with Gasteiger partial charge in [0.1, 0.15) is 0 Å². The van der Waals surface area contributed by atoms with Crippen LogP contribution in [0.15, 0.2) is 78.0 Å². The van der Waals surface area contributed by atoms with Crippen LogP contribution in [0.5, 0.6) is 0 Å². The van der Waals surface area contributed by atoms with E-state index in [4.69, 9.17) is 4.74 Å². The highest BCUT2D eigenvalue weighted by molar-refractivity contribution is 7.89. The Hall–Kier alpha value is -3.03. The van der Waals surface area contributed by atoms with Crippen molar-refractivity contribution >= 4 is 16.0 Å². The summed E-state index contributed by atoms with van der Waals surface area (Å²) in [5.74, 6) is -0.586. The zero-order chi connectivity index (χ0) is 21.7. The normalized spacial score (nSPS) is 12.5. The van der Waals surface area contributed by atoms with Crippen molar-refractivity contribution in [3.8, 4) is 0 Å². The van der Waals surface area contributed by atoms with Gasteiger partial charge in [-0.2, -0.15) is 4.31 Å². The second-order valence-corrected chi connectivity index (χ2v) is 8.72. The van der Waals surface area contributed by atoms with Crippen LogP contribution in [0.3, 0.4) is 0 Å². The van der Waals surface area contributed by atoms with Gasteiger partial charge in [-0.15, -0.1) is 0 Å². The molecule has 0 bridgehead atoms. The molecule has 1 aromatic heterocycles. The first kappa shape index (κ1) is 21.7. The standard InChI is InChI=1S/C23H24N2O4S/c1-4-25(30(27,28)21-9-5-7-19(15-21)23(26)29-3)22(20-8-6-14-24-16-20)18-12-10-17(2)11-13-18/h5-16,22H,4H2,1-3H3. The van der Waals surface area contributed by atoms with Gasteiger partial charge in [-0.05, 0) is 42.3 Å². The van der Waals surface area contributed by atoms with Crippen molar-refractivity contribution in [3.63, 3.8) is 0 Å². The van der Waals surface area contributed by atoms with E-state index in [0.29, 0.717) is 0 Å². The number of carbonyl (C=O) groups excluding carboxylic acids is 1. The van der Waals surface area contributed by atoms with E-state index in [-0.39, 0.29) is 17.0 Å². The van der Waals surface area contributed by atoms with Crippen LogP contribution in [-0.4, -0.2) is 37.3 Å². The van der Waals surface area contributed by atoms with Crippen molar-refractivity contribution in [2.75, 3.05) is 13.7 Å². The minimum atomic E-state index is -3.92. The summed E-state index contributed by atoms with van der Waals surface area (Å²) in [7, 11) is -2.66. The Balaban J connectivity index is 2.14. The SMILES string of the molecule is CCN(C(c1ccc(C)cc1)c1cccnc1)S(=O)(=O)c1cccc(C(=O)OC)c1. The van der Waals surface area contributed by atoms with Crippen LogP contribution in [0.4, 0.5) is 0 Å². The molecule has 0 saturated carbocycles. The molecule has 0 aliphatic rings. The Labute approximate surface area is 177 Å². The van der Waals surface area contributed by atoms with E-state index >= 15 is 0 Å². The summed E-state index contributed by atoms with van der Waals surface area (Å²) in [5.41, 5.74) is 2.86. The summed E-state index contributed by atoms with van der Waals surface area (Å²) >= 11 is 0. The van der Waals surface area contributed by atoms with Gasteiger partial charge in [0.05, 0.1) is 23.6 Å². The average Bonchev–Trinajstić information content (AvgIpc) is 2.78. The molecule has 0 amide bonds. The number of hydrogen-bond donors (Lipinski definition) is 0. The lowest BCUT2D eigenvalue weighted by molar-refractivity contribution is 0.0600. The minimum Gasteiger partial charge on any atom is -0.465 e. The molecule has 2 aromatic carbocycles. The highest BCUT2D eigenvalue weighted by Crippen LogP contribution is 2.33. The monoisotopic (exact) mass is 424 g/mol. The molecule has 1 atom stereocenters. The second kappa shape index (κ2) is 9.19. The average molecular weight is 425 g/mol. The highest BCUT2D eigenvalue weighted by Gasteiger charge is 2.33. The van der Waals surface area contributed by atoms with Gasteiger partial charge in [0, 0.05) is 18.9 Å². The molecule has 1 heterocycles. The molecule has 0 saturated heterocycles. The zero-order valence-corrected chi connectivity index (χ0v) is 18.0. The molecule has 0 radical (unpaired) electrons. The van der Waals surface area contributed by atoms with Gasteiger partial charge < -0.3 is 4.74 Å². The Kier molecular flexibility index (Phi) is 6.64. The summed E-state index contributed by atoms with van der Waals surface area (Å²) in [5, 5.41) is 0. The van der Waals surface area contributed by atoms with Gasteiger partial charge in [0.25, 0.3) is 0 Å². The molecule has 0 N–H and O–H groups in total. The van der Waals surface area contributed by atoms with Crippen LogP contribution in [-0.2, 0) is 14.8 Å². The van der Waals surface area contributed by atoms with E-state index in [2.05, 4.69) is 4.98 Å². The highest BCUT2D eigenvalue weighted by atomic mass is 32.2. The number of ether oxygens (including phenoxy) is 1. The number of carbonyl (C=O) groups is 1. The summed E-state index contributed by atoms with van der Waals surface area (Å²) < 4.78 is 33.4. The molecule has 1 unspecified atom stereocenters. The number of pyridine rings is 1. The van der Waals surface area contributed by atoms with E-state index in [0.717, 1.165) is 16.7 Å². The first-order valence-electron chi connectivity index (χ1n) is 9.55. The van der Waals surface area contributed by atoms with E-state index in [1.807, 2.05) is 37.3 Å². The van der Waals surface area contributed by atoms with Crippen LogP contribution in [0, 0.1) is 6.92 Å². The molecule has 7 heteroatoms. The van der Waals surface area contributed by atoms with Crippen LogP contribution < -0.4 is 0 Å². The number of aryl methyl sites for hydroxylation is 1. The van der Waals surface area contributed by atoms with Crippen LogP contribution in [0.25, 0.3) is 0 Å². The van der Waals surface area contributed by atoms with Crippen molar-refractivity contribution in [2.45, 2.75) is 24.8 Å². The van der Waals surface area contributed by atoms with Gasteiger partial charge in [0.2, 0.25) is 10.0 Å². The minimum absolute atomic E-state index is 0.0354. The Morgan fingerprint density at radius 1 is 1.07 bits per heavy atom. The molecule has 0 aliphatic carbocycles. The van der Waals surface area contributed by atoms with Crippen molar-refractivity contribution in [1.82, 2.24) is 9.29 Å². The van der Waals surface area contributed by atoms with Gasteiger partial charge in [-0.1, -0.05) is 48.9 Å². The quantitative estimate of drug-likeness (QED) is 0.536. The lowest BCUT2D eigenvalue weighted by Gasteiger charge is -2.30. The third-order valence-electron chi connectivity index (χ3n) is 4.85. The van der Waals surface area contributed by atoms with Crippen LogP contribution in [0.1, 0.15) is 40.0 Å². The van der Waals surface area contributed by atoms with Gasteiger partial charge in [0.15, 0.2) is 0 Å². The summed E-state index contributed by atoms with van der Waals surface area (Å²) in [6.07, 6.45) is 3.33. The molecule has 3 aromatic rings. The topological polar surface area (TPSA) is 76.6 Å². The van der Waals surface area contributed by atoms with Gasteiger partial charge in [-0.25, -0.2) is 13.2 Å². The maximum Gasteiger partial charge on any atom is 0.337 e. The molecule has 156 valence electrons. The third-order valence-corrected chi connectivity index (χ3v) is 6.79. The second-order valence-electron chi connectivity index (χ2n) is 6.83. The van der Waals surface area contributed by atoms with Crippen molar-refractivity contribution < 1.29 is 17.9 Å². The van der Waals surface area contributed by atoms with Gasteiger partial charge >= 0.3 is 5.97 Å². The molecule has 6 nitrogen and oxygen atoms in total. The maximum absolute atomic E-state index is 13.6.